The Morgan fingerprint density at radius 1 is 1.22 bits per heavy atom. The van der Waals surface area contributed by atoms with E-state index in [0.29, 0.717) is 6.54 Å². The van der Waals surface area contributed by atoms with Crippen LogP contribution in [0.1, 0.15) is 13.3 Å². The average molecular weight is 278 g/mol. The molecule has 1 atom stereocenters. The number of alkyl halides is 6. The van der Waals surface area contributed by atoms with E-state index in [1.807, 2.05) is 5.32 Å². The van der Waals surface area contributed by atoms with Crippen LogP contribution in [0, 0.1) is 5.92 Å². The molecule has 1 unspecified atom stereocenters. The lowest BCUT2D eigenvalue weighted by Gasteiger charge is -2.29. The number of hydrogen-bond acceptors (Lipinski definition) is 2. The van der Waals surface area contributed by atoms with E-state index < -0.39 is 29.7 Å². The summed E-state index contributed by atoms with van der Waals surface area (Å²) in [4.78, 5) is 11.2. The van der Waals surface area contributed by atoms with Crippen LogP contribution < -0.4 is 10.6 Å². The van der Waals surface area contributed by atoms with Crippen molar-refractivity contribution in [3.05, 3.63) is 0 Å². The van der Waals surface area contributed by atoms with E-state index in [1.54, 1.807) is 0 Å². The predicted octanol–water partition coefficient (Wildman–Crippen LogP) is 1.60. The summed E-state index contributed by atoms with van der Waals surface area (Å²) in [6.07, 6.45) is -11.0. The van der Waals surface area contributed by atoms with Crippen LogP contribution in [0.3, 0.4) is 0 Å². The van der Waals surface area contributed by atoms with Gasteiger partial charge in [-0.3, -0.25) is 4.79 Å². The molecule has 9 heteroatoms. The normalized spacial score (nSPS) is 25.6. The lowest BCUT2D eigenvalue weighted by molar-refractivity contribution is -0.274. The van der Waals surface area contributed by atoms with Crippen LogP contribution >= 0.6 is 0 Å². The van der Waals surface area contributed by atoms with E-state index in [2.05, 4.69) is 5.32 Å². The monoisotopic (exact) mass is 278 g/mol. The van der Waals surface area contributed by atoms with E-state index in [1.165, 1.54) is 6.92 Å². The summed E-state index contributed by atoms with van der Waals surface area (Å²) in [5.74, 6) is -6.04. The molecular weight excluding hydrogens is 266 g/mol. The van der Waals surface area contributed by atoms with Gasteiger partial charge in [0, 0.05) is 6.54 Å². The van der Waals surface area contributed by atoms with Crippen molar-refractivity contribution in [1.82, 2.24) is 10.6 Å². The van der Waals surface area contributed by atoms with Gasteiger partial charge in [0.05, 0.1) is 5.54 Å². The molecule has 106 valence electrons. The van der Waals surface area contributed by atoms with Crippen LogP contribution in [0.25, 0.3) is 0 Å². The topological polar surface area (TPSA) is 41.1 Å². The van der Waals surface area contributed by atoms with Crippen LogP contribution in [0.5, 0.6) is 0 Å². The number of carbonyl (C=O) groups excluding carboxylic acids is 1. The Balaban J connectivity index is 2.84. The number of carbonyl (C=O) groups is 1. The maximum Gasteiger partial charge on any atom is 0.409 e. The molecule has 0 aliphatic carbocycles. The predicted molar refractivity (Wildman–Crippen MR) is 49.6 cm³/mol. The second-order valence-corrected chi connectivity index (χ2v) is 4.49. The van der Waals surface area contributed by atoms with Crippen LogP contribution in [-0.2, 0) is 4.79 Å². The van der Waals surface area contributed by atoms with Crippen LogP contribution in [-0.4, -0.2) is 36.9 Å². The molecule has 1 rings (SSSR count). The number of rotatable bonds is 2. The molecule has 1 fully saturated rings. The molecule has 1 saturated heterocycles. The van der Waals surface area contributed by atoms with Crippen molar-refractivity contribution in [2.75, 3.05) is 13.1 Å². The zero-order valence-electron chi connectivity index (χ0n) is 9.37. The number of hydrogen-bond donors (Lipinski definition) is 2. The molecule has 1 heterocycles. The minimum atomic E-state index is -5.65. The summed E-state index contributed by atoms with van der Waals surface area (Å²) in [7, 11) is 0. The lowest BCUT2D eigenvalue weighted by atomic mass is 9.99. The van der Waals surface area contributed by atoms with Gasteiger partial charge < -0.3 is 10.6 Å². The zero-order valence-corrected chi connectivity index (χ0v) is 9.37. The molecule has 3 nitrogen and oxygen atoms in total. The van der Waals surface area contributed by atoms with Crippen LogP contribution in [0.15, 0.2) is 0 Å². The second kappa shape index (κ2) is 4.60. The highest BCUT2D eigenvalue weighted by Gasteiger charge is 2.61. The Morgan fingerprint density at radius 2 is 1.72 bits per heavy atom. The molecule has 0 aromatic rings. The SMILES string of the molecule is CC1(NC(=O)C(C(F)(F)F)C(F)(F)F)CCNC1. The third-order valence-corrected chi connectivity index (χ3v) is 2.71. The van der Waals surface area contributed by atoms with Crippen molar-refractivity contribution < 1.29 is 31.1 Å². The van der Waals surface area contributed by atoms with Gasteiger partial charge in [0.15, 0.2) is 0 Å². The molecule has 2 N–H and O–H groups in total. The van der Waals surface area contributed by atoms with Crippen molar-refractivity contribution in [2.45, 2.75) is 31.2 Å². The standard InChI is InChI=1S/C9H12F6N2O/c1-7(2-3-16-4-7)17-6(18)5(8(10,11)12)9(13,14)15/h5,16H,2-4H2,1H3,(H,17,18). The first-order valence-corrected chi connectivity index (χ1v) is 5.12. The molecule has 0 aromatic heterocycles. The molecule has 0 saturated carbocycles. The summed E-state index contributed by atoms with van der Waals surface area (Å²) >= 11 is 0. The van der Waals surface area contributed by atoms with Crippen molar-refractivity contribution in [2.24, 2.45) is 5.92 Å². The molecular formula is C9H12F6N2O. The molecule has 0 aromatic carbocycles. The third-order valence-electron chi connectivity index (χ3n) is 2.71. The lowest BCUT2D eigenvalue weighted by Crippen LogP contribution is -2.55. The minimum absolute atomic E-state index is 0.140. The van der Waals surface area contributed by atoms with Crippen molar-refractivity contribution in [3.63, 3.8) is 0 Å². The van der Waals surface area contributed by atoms with Crippen molar-refractivity contribution in [3.8, 4) is 0 Å². The van der Waals surface area contributed by atoms with Gasteiger partial charge in [-0.2, -0.15) is 26.3 Å². The van der Waals surface area contributed by atoms with Gasteiger partial charge in [0.25, 0.3) is 0 Å². The molecule has 0 radical (unpaired) electrons. The van der Waals surface area contributed by atoms with E-state index in [9.17, 15) is 31.1 Å². The maximum atomic E-state index is 12.3. The Bertz CT molecular complexity index is 304. The highest BCUT2D eigenvalue weighted by molar-refractivity contribution is 5.81. The van der Waals surface area contributed by atoms with Gasteiger partial charge in [-0.15, -0.1) is 0 Å². The Kier molecular flexibility index (Phi) is 3.85. The van der Waals surface area contributed by atoms with Gasteiger partial charge in [0.1, 0.15) is 0 Å². The summed E-state index contributed by atoms with van der Waals surface area (Å²) in [5, 5.41) is 4.58. The van der Waals surface area contributed by atoms with E-state index >= 15 is 0 Å². The van der Waals surface area contributed by atoms with E-state index in [0.717, 1.165) is 0 Å². The molecule has 1 amide bonds. The van der Waals surface area contributed by atoms with Crippen molar-refractivity contribution in [1.29, 1.82) is 0 Å². The summed E-state index contributed by atoms with van der Waals surface area (Å²) in [6, 6.07) is 0. The fourth-order valence-corrected chi connectivity index (χ4v) is 1.78. The average Bonchev–Trinajstić information content (AvgIpc) is 2.44. The first-order valence-electron chi connectivity index (χ1n) is 5.12. The Labute approximate surface area is 98.9 Å². The quantitative estimate of drug-likeness (QED) is 0.753. The number of amides is 1. The fourth-order valence-electron chi connectivity index (χ4n) is 1.78. The summed E-state index contributed by atoms with van der Waals surface area (Å²) in [5.41, 5.74) is -1.08. The van der Waals surface area contributed by atoms with Gasteiger partial charge in [-0.25, -0.2) is 0 Å². The highest BCUT2D eigenvalue weighted by atomic mass is 19.4. The smallest absolute Gasteiger partial charge is 0.349 e. The second-order valence-electron chi connectivity index (χ2n) is 4.49. The fraction of sp³-hybridized carbons (Fsp3) is 0.889. The zero-order chi connectivity index (χ0) is 14.2. The van der Waals surface area contributed by atoms with Crippen LogP contribution in [0.4, 0.5) is 26.3 Å². The maximum absolute atomic E-state index is 12.3. The van der Waals surface area contributed by atoms with Gasteiger partial charge in [-0.1, -0.05) is 0 Å². The molecule has 1 aliphatic heterocycles. The van der Waals surface area contributed by atoms with E-state index in [-0.39, 0.29) is 13.0 Å². The van der Waals surface area contributed by atoms with Gasteiger partial charge >= 0.3 is 12.4 Å². The van der Waals surface area contributed by atoms with Crippen LogP contribution in [0.2, 0.25) is 0 Å². The number of halogens is 6. The Morgan fingerprint density at radius 3 is 2.06 bits per heavy atom. The van der Waals surface area contributed by atoms with Gasteiger partial charge in [-0.05, 0) is 19.9 Å². The number of nitrogens with one attached hydrogen (secondary N) is 2. The first kappa shape index (κ1) is 15.1. The van der Waals surface area contributed by atoms with E-state index in [4.69, 9.17) is 0 Å². The molecule has 0 bridgehead atoms. The highest BCUT2D eigenvalue weighted by Crippen LogP contribution is 2.39. The first-order chi connectivity index (χ1) is 7.96. The van der Waals surface area contributed by atoms with Gasteiger partial charge in [0.2, 0.25) is 11.8 Å². The Hall–Kier alpha value is -0.990. The molecule has 18 heavy (non-hydrogen) atoms. The molecule has 0 spiro atoms. The third kappa shape index (κ3) is 3.50. The molecule has 1 aliphatic rings. The summed E-state index contributed by atoms with van der Waals surface area (Å²) in [6.45, 7) is 1.97. The summed E-state index contributed by atoms with van der Waals surface area (Å²) < 4.78 is 73.6. The minimum Gasteiger partial charge on any atom is -0.349 e. The van der Waals surface area contributed by atoms with Crippen molar-refractivity contribution >= 4 is 5.91 Å². The largest absolute Gasteiger partial charge is 0.409 e.